The largest absolute Gasteiger partial charge is 0.432 e. The van der Waals surface area contributed by atoms with Crippen LogP contribution < -0.4 is 0 Å². The van der Waals surface area contributed by atoms with Gasteiger partial charge in [0.25, 0.3) is 0 Å². The van der Waals surface area contributed by atoms with E-state index in [-0.39, 0.29) is 22.7 Å². The molecule has 3 heterocycles. The third kappa shape index (κ3) is 6.69. The highest BCUT2D eigenvalue weighted by atomic mass is 16.8. The molecule has 0 aromatic heterocycles. The lowest BCUT2D eigenvalue weighted by Gasteiger charge is -2.64. The summed E-state index contributed by atoms with van der Waals surface area (Å²) >= 11 is 0. The Bertz CT molecular complexity index is 1450. The van der Waals surface area contributed by atoms with E-state index in [2.05, 4.69) is 13.5 Å². The van der Waals surface area contributed by atoms with Crippen molar-refractivity contribution in [3.63, 3.8) is 0 Å². The van der Waals surface area contributed by atoms with Crippen molar-refractivity contribution in [1.29, 1.82) is 0 Å². The predicted molar refractivity (Wildman–Crippen MR) is 186 cm³/mol. The van der Waals surface area contributed by atoms with Gasteiger partial charge in [0.05, 0.1) is 30.8 Å². The van der Waals surface area contributed by atoms with E-state index in [1.807, 2.05) is 6.92 Å². The molecule has 3 saturated heterocycles. The molecule has 7 fully saturated rings. The summed E-state index contributed by atoms with van der Waals surface area (Å²) in [4.78, 5) is 14.1. The van der Waals surface area contributed by atoms with Gasteiger partial charge < -0.3 is 84.6 Å². The molecule has 18 nitrogen and oxygen atoms in total. The number of carbonyl (C=O) groups excluding carboxylic acids is 1. The van der Waals surface area contributed by atoms with Gasteiger partial charge in [0, 0.05) is 0 Å². The van der Waals surface area contributed by atoms with Crippen LogP contribution in [0, 0.1) is 28.1 Å². The summed E-state index contributed by atoms with van der Waals surface area (Å²) in [6.07, 6.45) is -17.8. The second kappa shape index (κ2) is 15.6. The molecule has 4 saturated carbocycles. The summed E-state index contributed by atoms with van der Waals surface area (Å²) in [7, 11) is 0. The summed E-state index contributed by atoms with van der Waals surface area (Å²) in [5.74, 6) is -0.591. The number of ether oxygens (including phenoxy) is 6. The Morgan fingerprint density at radius 2 is 1.21 bits per heavy atom. The molecule has 18 heteroatoms. The van der Waals surface area contributed by atoms with Gasteiger partial charge in [-0.25, -0.2) is 0 Å². The minimum Gasteiger partial charge on any atom is -0.432 e. The van der Waals surface area contributed by atoms with Crippen molar-refractivity contribution in [1.82, 2.24) is 0 Å². The lowest BCUT2D eigenvalue weighted by Crippen LogP contribution is -2.65. The zero-order valence-corrected chi connectivity index (χ0v) is 31.8. The van der Waals surface area contributed by atoms with E-state index < -0.39 is 129 Å². The van der Waals surface area contributed by atoms with Gasteiger partial charge in [-0.2, -0.15) is 0 Å². The molecule has 2 bridgehead atoms. The molecule has 0 amide bonds. The number of rotatable bonds is 9. The van der Waals surface area contributed by atoms with Crippen molar-refractivity contribution < 1.29 is 89.4 Å². The highest BCUT2D eigenvalue weighted by Gasteiger charge is 2.69. The second-order valence-corrected chi connectivity index (χ2v) is 18.0. The summed E-state index contributed by atoms with van der Waals surface area (Å²) in [6, 6.07) is 0. The maximum atomic E-state index is 14.1. The number of fused-ring (bicyclic) bond motifs is 3. The van der Waals surface area contributed by atoms with E-state index in [4.69, 9.17) is 28.4 Å². The molecule has 3 aliphatic heterocycles. The third-order valence-corrected chi connectivity index (χ3v) is 15.0. The molecule has 0 aromatic rings. The van der Waals surface area contributed by atoms with E-state index in [0.29, 0.717) is 44.9 Å². The van der Waals surface area contributed by atoms with Gasteiger partial charge in [0.2, 0.25) is 6.29 Å². The average molecular weight is 805 g/mol. The number of hydrogen-bond donors (Lipinski definition) is 11. The summed E-state index contributed by atoms with van der Waals surface area (Å²) < 4.78 is 35.6. The first-order valence-corrected chi connectivity index (χ1v) is 19.9. The van der Waals surface area contributed by atoms with Crippen molar-refractivity contribution in [3.8, 4) is 0 Å². The Hall–Kier alpha value is -1.43. The smallest absolute Gasteiger partial charge is 0.314 e. The van der Waals surface area contributed by atoms with Gasteiger partial charge in [0.1, 0.15) is 73.2 Å². The fourth-order valence-electron chi connectivity index (χ4n) is 12.0. The number of esters is 1. The molecule has 0 aromatic carbocycles. The number of carbonyl (C=O) groups is 1. The topological polar surface area (TPSA) is 295 Å². The highest BCUT2D eigenvalue weighted by Crippen LogP contribution is 2.73. The first-order valence-electron chi connectivity index (χ1n) is 19.9. The standard InChI is InChI=1S/C38H60O18/c1-16-11-37-9-5-20-35(2,7-4-8-36(20,3)34(50)55-32-29(49)26(46)23(43)18(13-40)52-32)21(37)6-10-38(16,15-37)56-33-30(27(47)24(44)19(14-41)53-33)54-31-28(48)25(45)22(42)17(12-39)51-31/h17-33,39-49H,1,4-15H2,2-3H3/t17-,18-,19-,20?,21?,22-,23-,24-,25+,26+,27+,28-,29-,30+,31+,32?,33+,35-,36-,37-,38+/m1/s1. The highest BCUT2D eigenvalue weighted by molar-refractivity contribution is 5.77. The molecule has 4 aliphatic carbocycles. The molecule has 320 valence electrons. The van der Waals surface area contributed by atoms with Gasteiger partial charge in [-0.15, -0.1) is 0 Å². The van der Waals surface area contributed by atoms with Crippen LogP contribution in [-0.4, -0.2) is 180 Å². The molecular formula is C38H60O18. The van der Waals surface area contributed by atoms with Crippen LogP contribution in [0.2, 0.25) is 0 Å². The van der Waals surface area contributed by atoms with Crippen LogP contribution in [0.1, 0.15) is 71.6 Å². The fourth-order valence-corrected chi connectivity index (χ4v) is 12.0. The molecule has 0 radical (unpaired) electrons. The molecule has 11 N–H and O–H groups in total. The average Bonchev–Trinajstić information content (AvgIpc) is 3.37. The minimum absolute atomic E-state index is 0.121. The lowest BCUT2D eigenvalue weighted by atomic mass is 9.41. The maximum Gasteiger partial charge on any atom is 0.314 e. The van der Waals surface area contributed by atoms with E-state index in [0.717, 1.165) is 18.4 Å². The Balaban J connectivity index is 1.10. The molecule has 7 rings (SSSR count). The SMILES string of the molecule is C=C1C[C@@]23CCC4[C@@](C)(CCC[C@@]4(C)C(=O)OC4O[C@H](CO)[C@@H](O)[C@H](O)[C@H]4O)C2CC[C@]1(O[C@@H]1O[C@H](CO)[C@@H](O)[C@H](O)[C@@H]1O[C@@H]1O[C@H](CO)[C@@H](O)[C@H](O)[C@H]1O)C3. The summed E-state index contributed by atoms with van der Waals surface area (Å²) in [5.41, 5.74) is -1.80. The number of hydrogen-bond acceptors (Lipinski definition) is 18. The molecule has 56 heavy (non-hydrogen) atoms. The van der Waals surface area contributed by atoms with Crippen molar-refractivity contribution in [2.75, 3.05) is 19.8 Å². The quantitative estimate of drug-likeness (QED) is 0.0631. The van der Waals surface area contributed by atoms with Gasteiger partial charge in [0.15, 0.2) is 12.6 Å². The van der Waals surface area contributed by atoms with E-state index >= 15 is 0 Å². The van der Waals surface area contributed by atoms with Gasteiger partial charge in [-0.3, -0.25) is 4.79 Å². The molecule has 3 unspecified atom stereocenters. The van der Waals surface area contributed by atoms with E-state index in [1.165, 1.54) is 0 Å². The predicted octanol–water partition coefficient (Wildman–Crippen LogP) is -2.94. The van der Waals surface area contributed by atoms with Crippen LogP contribution in [0.3, 0.4) is 0 Å². The first kappa shape index (κ1) is 42.7. The Morgan fingerprint density at radius 3 is 1.82 bits per heavy atom. The van der Waals surface area contributed by atoms with E-state index in [9.17, 15) is 61.0 Å². The van der Waals surface area contributed by atoms with Crippen LogP contribution in [-0.2, 0) is 33.2 Å². The monoisotopic (exact) mass is 804 g/mol. The third-order valence-electron chi connectivity index (χ3n) is 15.0. The maximum absolute atomic E-state index is 14.1. The van der Waals surface area contributed by atoms with Crippen LogP contribution in [0.4, 0.5) is 0 Å². The number of aliphatic hydroxyl groups is 11. The van der Waals surface area contributed by atoms with Gasteiger partial charge >= 0.3 is 5.97 Å². The zero-order valence-electron chi connectivity index (χ0n) is 31.8. The van der Waals surface area contributed by atoms with Crippen molar-refractivity contribution in [2.24, 2.45) is 28.1 Å². The van der Waals surface area contributed by atoms with Crippen LogP contribution in [0.15, 0.2) is 12.2 Å². The molecule has 7 aliphatic rings. The first-order chi connectivity index (χ1) is 26.4. The summed E-state index contributed by atoms with van der Waals surface area (Å²) in [6.45, 7) is 6.52. The van der Waals surface area contributed by atoms with Crippen LogP contribution >= 0.6 is 0 Å². The molecular weight excluding hydrogens is 744 g/mol. The fraction of sp³-hybridized carbons (Fsp3) is 0.921. The van der Waals surface area contributed by atoms with Crippen LogP contribution in [0.5, 0.6) is 0 Å². The van der Waals surface area contributed by atoms with Crippen molar-refractivity contribution >= 4 is 5.97 Å². The Morgan fingerprint density at radius 1 is 0.679 bits per heavy atom. The zero-order chi connectivity index (χ0) is 40.7. The van der Waals surface area contributed by atoms with Crippen LogP contribution in [0.25, 0.3) is 0 Å². The normalized spacial score (nSPS) is 54.6. The second-order valence-electron chi connectivity index (χ2n) is 18.0. The van der Waals surface area contributed by atoms with Gasteiger partial charge in [-0.05, 0) is 86.5 Å². The van der Waals surface area contributed by atoms with Gasteiger partial charge in [-0.1, -0.05) is 19.9 Å². The lowest BCUT2D eigenvalue weighted by molar-refractivity contribution is -0.378. The molecule has 21 atom stereocenters. The molecule has 1 spiro atoms. The Kier molecular flexibility index (Phi) is 11.9. The minimum atomic E-state index is -1.81. The van der Waals surface area contributed by atoms with E-state index in [1.54, 1.807) is 0 Å². The van der Waals surface area contributed by atoms with Crippen molar-refractivity contribution in [3.05, 3.63) is 12.2 Å². The van der Waals surface area contributed by atoms with Crippen molar-refractivity contribution in [2.45, 2.75) is 169 Å². The number of aliphatic hydroxyl groups excluding tert-OH is 11. The summed E-state index contributed by atoms with van der Waals surface area (Å²) in [5, 5.41) is 114. The Labute approximate surface area is 324 Å².